The van der Waals surface area contributed by atoms with Crippen LogP contribution in [-0.4, -0.2) is 39.9 Å². The second-order valence-corrected chi connectivity index (χ2v) is 10.0. The Morgan fingerprint density at radius 1 is 0.889 bits per heavy atom. The van der Waals surface area contributed by atoms with Gasteiger partial charge in [0.25, 0.3) is 7.37 Å². The van der Waals surface area contributed by atoms with E-state index >= 15 is 0 Å². The van der Waals surface area contributed by atoms with Crippen LogP contribution in [0.15, 0.2) is 48.5 Å². The highest BCUT2D eigenvalue weighted by Crippen LogP contribution is 2.58. The lowest BCUT2D eigenvalue weighted by molar-refractivity contribution is 0.203. The number of anilines is 2. The normalized spacial score (nSPS) is 14.7. The lowest BCUT2D eigenvalue weighted by atomic mass is 10.2. The Bertz CT molecular complexity index is 771. The van der Waals surface area contributed by atoms with Gasteiger partial charge in [-0.1, -0.05) is 26.0 Å². The van der Waals surface area contributed by atoms with Gasteiger partial charge in [0.1, 0.15) is 0 Å². The van der Waals surface area contributed by atoms with Crippen LogP contribution in [-0.2, 0) is 9.09 Å². The molecule has 0 aliphatic rings. The molecule has 0 unspecified atom stereocenters. The maximum absolute atomic E-state index is 13.8. The zero-order valence-electron chi connectivity index (χ0n) is 17.1. The van der Waals surface area contributed by atoms with E-state index in [1.54, 1.807) is 24.3 Å². The van der Waals surface area contributed by atoms with Gasteiger partial charge in [-0.15, -0.1) is 0 Å². The molecule has 0 amide bonds. The van der Waals surface area contributed by atoms with E-state index in [1.165, 1.54) is 0 Å². The van der Waals surface area contributed by atoms with Gasteiger partial charge in [0.05, 0.1) is 6.61 Å². The van der Waals surface area contributed by atoms with Crippen LogP contribution in [0.3, 0.4) is 0 Å². The van der Waals surface area contributed by atoms with Crippen molar-refractivity contribution in [1.82, 2.24) is 0 Å². The highest BCUT2D eigenvalue weighted by molar-refractivity contribution is 7.67. The first kappa shape index (κ1) is 21.5. The Morgan fingerprint density at radius 2 is 1.33 bits per heavy atom. The SMILES string of the molecule is CC(C)CO[P@](=O)(c1ccc(N(C)C)cc1)[C@@H](O)c1ccc(N(C)C)cc1. The molecule has 0 aliphatic carbocycles. The Hall–Kier alpha value is -1.81. The van der Waals surface area contributed by atoms with Crippen molar-refractivity contribution in [3.05, 3.63) is 54.1 Å². The zero-order chi connectivity index (χ0) is 20.2. The maximum atomic E-state index is 13.8. The highest BCUT2D eigenvalue weighted by atomic mass is 31.2. The van der Waals surface area contributed by atoms with Crippen molar-refractivity contribution in [3.63, 3.8) is 0 Å². The number of benzene rings is 2. The van der Waals surface area contributed by atoms with Crippen molar-refractivity contribution < 1.29 is 14.2 Å². The fourth-order valence-corrected chi connectivity index (χ4v) is 4.87. The number of nitrogens with zero attached hydrogens (tertiary/aromatic N) is 2. The number of aliphatic hydroxyl groups is 1. The van der Waals surface area contributed by atoms with Crippen LogP contribution in [0, 0.1) is 5.92 Å². The number of hydrogen-bond donors (Lipinski definition) is 1. The van der Waals surface area contributed by atoms with E-state index in [9.17, 15) is 9.67 Å². The van der Waals surface area contributed by atoms with Gasteiger partial charge < -0.3 is 19.4 Å². The molecule has 2 rings (SSSR count). The molecule has 0 aromatic heterocycles. The summed E-state index contributed by atoms with van der Waals surface area (Å²) in [6, 6.07) is 14.8. The van der Waals surface area contributed by atoms with Crippen LogP contribution in [0.1, 0.15) is 25.3 Å². The van der Waals surface area contributed by atoms with Crippen LogP contribution in [0.5, 0.6) is 0 Å². The van der Waals surface area contributed by atoms with E-state index in [0.717, 1.165) is 11.4 Å². The van der Waals surface area contributed by atoms with E-state index in [4.69, 9.17) is 4.52 Å². The van der Waals surface area contributed by atoms with Crippen LogP contribution in [0.25, 0.3) is 0 Å². The fraction of sp³-hybridized carbons (Fsp3) is 0.429. The molecule has 0 fully saturated rings. The standard InChI is InChI=1S/C21H31N2O3P/c1-16(2)15-26-27(25,20-13-11-19(12-14-20)23(5)6)21(24)17-7-9-18(10-8-17)22(3)4/h7-14,16,21,24H,15H2,1-6H3/t21-,27-/m1/s1. The molecule has 0 saturated heterocycles. The summed E-state index contributed by atoms with van der Waals surface area (Å²) in [6.45, 7) is 4.31. The molecular weight excluding hydrogens is 359 g/mol. The molecule has 27 heavy (non-hydrogen) atoms. The second kappa shape index (κ2) is 8.92. The van der Waals surface area contributed by atoms with Crippen molar-refractivity contribution in [3.8, 4) is 0 Å². The molecule has 0 radical (unpaired) electrons. The fourth-order valence-electron chi connectivity index (χ4n) is 2.65. The first-order valence-electron chi connectivity index (χ1n) is 9.12. The average molecular weight is 390 g/mol. The first-order chi connectivity index (χ1) is 12.6. The maximum Gasteiger partial charge on any atom is 0.264 e. The number of aliphatic hydroxyl groups excluding tert-OH is 1. The topological polar surface area (TPSA) is 53.0 Å². The summed E-state index contributed by atoms with van der Waals surface area (Å²) in [4.78, 5) is 3.95. The van der Waals surface area contributed by atoms with Crippen LogP contribution in [0.4, 0.5) is 11.4 Å². The minimum atomic E-state index is -3.50. The molecule has 0 aliphatic heterocycles. The van der Waals surface area contributed by atoms with Gasteiger partial charge in [-0.25, -0.2) is 0 Å². The van der Waals surface area contributed by atoms with Crippen molar-refractivity contribution in [2.45, 2.75) is 19.7 Å². The van der Waals surface area contributed by atoms with Crippen LogP contribution < -0.4 is 15.1 Å². The van der Waals surface area contributed by atoms with E-state index in [2.05, 4.69) is 0 Å². The molecular formula is C21H31N2O3P. The molecule has 1 N–H and O–H groups in total. The minimum absolute atomic E-state index is 0.211. The molecule has 0 saturated carbocycles. The summed E-state index contributed by atoms with van der Waals surface area (Å²) in [6.07, 6.45) is 0. The Morgan fingerprint density at radius 3 is 1.74 bits per heavy atom. The third kappa shape index (κ3) is 5.13. The van der Waals surface area contributed by atoms with E-state index in [-0.39, 0.29) is 5.92 Å². The molecule has 0 heterocycles. The zero-order valence-corrected chi connectivity index (χ0v) is 18.0. The lowest BCUT2D eigenvalue weighted by Gasteiger charge is -2.26. The van der Waals surface area contributed by atoms with Gasteiger partial charge in [0, 0.05) is 44.9 Å². The number of hydrogen-bond acceptors (Lipinski definition) is 5. The van der Waals surface area contributed by atoms with Gasteiger partial charge in [0.2, 0.25) is 0 Å². The van der Waals surface area contributed by atoms with Crippen LogP contribution in [0.2, 0.25) is 0 Å². The summed E-state index contributed by atoms with van der Waals surface area (Å²) in [7, 11) is 4.30. The van der Waals surface area contributed by atoms with Gasteiger partial charge >= 0.3 is 0 Å². The largest absolute Gasteiger partial charge is 0.378 e. The van der Waals surface area contributed by atoms with E-state index in [0.29, 0.717) is 17.5 Å². The molecule has 2 atom stereocenters. The third-order valence-electron chi connectivity index (χ3n) is 4.36. The summed E-state index contributed by atoms with van der Waals surface area (Å²) >= 11 is 0. The van der Waals surface area contributed by atoms with E-state index < -0.39 is 13.2 Å². The molecule has 2 aromatic rings. The van der Waals surface area contributed by atoms with Crippen molar-refractivity contribution >= 4 is 24.0 Å². The first-order valence-corrected chi connectivity index (χ1v) is 10.8. The molecule has 148 valence electrons. The molecule has 2 aromatic carbocycles. The predicted octanol–water partition coefficient (Wildman–Crippen LogP) is 4.09. The summed E-state index contributed by atoms with van der Waals surface area (Å²) in [5.74, 6) is -1.000. The Balaban J connectivity index is 2.40. The molecule has 0 bridgehead atoms. The Kier molecular flexibility index (Phi) is 7.10. The highest BCUT2D eigenvalue weighted by Gasteiger charge is 2.36. The summed E-state index contributed by atoms with van der Waals surface area (Å²) < 4.78 is 19.7. The molecule has 6 heteroatoms. The van der Waals surface area contributed by atoms with Crippen molar-refractivity contribution in [2.24, 2.45) is 5.92 Å². The van der Waals surface area contributed by atoms with Crippen molar-refractivity contribution in [1.29, 1.82) is 0 Å². The van der Waals surface area contributed by atoms with Crippen molar-refractivity contribution in [2.75, 3.05) is 44.6 Å². The monoisotopic (exact) mass is 390 g/mol. The average Bonchev–Trinajstić information content (AvgIpc) is 2.65. The third-order valence-corrected chi connectivity index (χ3v) is 6.85. The lowest BCUT2D eigenvalue weighted by Crippen LogP contribution is -2.17. The van der Waals surface area contributed by atoms with Gasteiger partial charge in [-0.3, -0.25) is 4.57 Å². The molecule has 5 nitrogen and oxygen atoms in total. The number of rotatable bonds is 8. The summed E-state index contributed by atoms with van der Waals surface area (Å²) in [5.41, 5.74) is 2.60. The van der Waals surface area contributed by atoms with Gasteiger partial charge in [-0.2, -0.15) is 0 Å². The van der Waals surface area contributed by atoms with E-state index in [1.807, 2.05) is 76.1 Å². The minimum Gasteiger partial charge on any atom is -0.378 e. The summed E-state index contributed by atoms with van der Waals surface area (Å²) in [5, 5.41) is 11.5. The molecule has 0 spiro atoms. The Labute approximate surface area is 163 Å². The smallest absolute Gasteiger partial charge is 0.264 e. The second-order valence-electron chi connectivity index (χ2n) is 7.56. The van der Waals surface area contributed by atoms with Gasteiger partial charge in [-0.05, 0) is 47.9 Å². The quantitative estimate of drug-likeness (QED) is 0.688. The van der Waals surface area contributed by atoms with Gasteiger partial charge in [0.15, 0.2) is 5.85 Å². The predicted molar refractivity (Wildman–Crippen MR) is 115 cm³/mol. The van der Waals surface area contributed by atoms with Crippen LogP contribution >= 0.6 is 7.37 Å².